The van der Waals surface area contributed by atoms with E-state index in [1.165, 1.54) is 6.42 Å². The average Bonchev–Trinajstić information content (AvgIpc) is 1.68. The van der Waals surface area contributed by atoms with Crippen molar-refractivity contribution in [3.8, 4) is 0 Å². The van der Waals surface area contributed by atoms with Crippen molar-refractivity contribution in [3.63, 3.8) is 0 Å². The molecule has 0 fully saturated rings. The summed E-state index contributed by atoms with van der Waals surface area (Å²) in [4.78, 5) is 0. The molecule has 0 aliphatic carbocycles. The van der Waals surface area contributed by atoms with E-state index in [2.05, 4.69) is 20.4 Å². The van der Waals surface area contributed by atoms with Gasteiger partial charge in [-0.3, -0.25) is 0 Å². The van der Waals surface area contributed by atoms with Gasteiger partial charge in [0.05, 0.1) is 0 Å². The third kappa shape index (κ3) is 11.4. The Bertz CT molecular complexity index is 46.0. The molecule has 0 aliphatic rings. The van der Waals surface area contributed by atoms with Crippen LogP contribution >= 0.6 is 0 Å². The van der Waals surface area contributed by atoms with E-state index in [4.69, 9.17) is 0 Å². The molecule has 0 bridgehead atoms. The van der Waals surface area contributed by atoms with Gasteiger partial charge in [0.1, 0.15) is 0 Å². The van der Waals surface area contributed by atoms with Crippen LogP contribution in [0.1, 0.15) is 41.5 Å². The van der Waals surface area contributed by atoms with Crippen LogP contribution in [0.5, 0.6) is 0 Å². The SMILES string of the molecule is C.C.C=CCC(C)CC. The van der Waals surface area contributed by atoms with E-state index in [0.717, 1.165) is 12.3 Å². The number of rotatable bonds is 3. The van der Waals surface area contributed by atoms with Gasteiger partial charge in [-0.2, -0.15) is 0 Å². The largest absolute Gasteiger partial charge is 0.103 e. The molecule has 0 nitrogen and oxygen atoms in total. The number of allylic oxidation sites excluding steroid dienone is 1. The van der Waals surface area contributed by atoms with Crippen molar-refractivity contribution in [2.75, 3.05) is 0 Å². The topological polar surface area (TPSA) is 0 Å². The van der Waals surface area contributed by atoms with Crippen LogP contribution in [-0.2, 0) is 0 Å². The molecule has 0 spiro atoms. The van der Waals surface area contributed by atoms with Gasteiger partial charge in [-0.1, -0.05) is 41.2 Å². The van der Waals surface area contributed by atoms with E-state index >= 15 is 0 Å². The summed E-state index contributed by atoms with van der Waals surface area (Å²) in [5.41, 5.74) is 0. The fraction of sp³-hybridized carbons (Fsp3) is 0.778. The molecule has 0 saturated heterocycles. The highest BCUT2D eigenvalue weighted by Crippen LogP contribution is 2.04. The molecule has 1 atom stereocenters. The van der Waals surface area contributed by atoms with E-state index in [-0.39, 0.29) is 14.9 Å². The highest BCUT2D eigenvalue weighted by Gasteiger charge is 1.90. The summed E-state index contributed by atoms with van der Waals surface area (Å²) < 4.78 is 0. The van der Waals surface area contributed by atoms with Crippen LogP contribution in [-0.4, -0.2) is 0 Å². The maximum Gasteiger partial charge on any atom is -0.0328 e. The van der Waals surface area contributed by atoms with Gasteiger partial charge in [0.15, 0.2) is 0 Å². The lowest BCUT2D eigenvalue weighted by Crippen LogP contribution is -1.86. The lowest BCUT2D eigenvalue weighted by atomic mass is 10.1. The average molecular weight is 130 g/mol. The zero-order valence-electron chi connectivity index (χ0n) is 5.28. The Labute approximate surface area is 61.0 Å². The van der Waals surface area contributed by atoms with Crippen LogP contribution < -0.4 is 0 Å². The summed E-state index contributed by atoms with van der Waals surface area (Å²) in [5.74, 6) is 0.831. The summed E-state index contributed by atoms with van der Waals surface area (Å²) in [5, 5.41) is 0. The molecule has 0 aromatic rings. The number of hydrogen-bond acceptors (Lipinski definition) is 0. The molecular weight excluding hydrogens is 108 g/mol. The molecular formula is C9H22. The van der Waals surface area contributed by atoms with Crippen molar-refractivity contribution >= 4 is 0 Å². The van der Waals surface area contributed by atoms with Crippen LogP contribution in [0, 0.1) is 5.92 Å². The molecule has 0 radical (unpaired) electrons. The molecule has 0 heterocycles. The van der Waals surface area contributed by atoms with Crippen LogP contribution in [0.15, 0.2) is 12.7 Å². The predicted octanol–water partition coefficient (Wildman–Crippen LogP) is 3.88. The smallest absolute Gasteiger partial charge is 0.0328 e. The Morgan fingerprint density at radius 1 is 1.44 bits per heavy atom. The lowest BCUT2D eigenvalue weighted by molar-refractivity contribution is 0.572. The molecule has 58 valence electrons. The van der Waals surface area contributed by atoms with Gasteiger partial charge in [-0.05, 0) is 12.3 Å². The molecule has 0 aliphatic heterocycles. The van der Waals surface area contributed by atoms with Crippen molar-refractivity contribution in [2.24, 2.45) is 5.92 Å². The minimum atomic E-state index is 0. The first kappa shape index (κ1) is 15.9. The van der Waals surface area contributed by atoms with Crippen LogP contribution in [0.3, 0.4) is 0 Å². The first-order valence-corrected chi connectivity index (χ1v) is 2.92. The standard InChI is InChI=1S/C7H14.2CH4/c1-4-6-7(3)5-2;;/h4,7H,1,5-6H2,2-3H3;2*1H4. The summed E-state index contributed by atoms with van der Waals surface area (Å²) >= 11 is 0. The second kappa shape index (κ2) is 10.7. The molecule has 0 heteroatoms. The summed E-state index contributed by atoms with van der Waals surface area (Å²) in [7, 11) is 0. The van der Waals surface area contributed by atoms with Crippen molar-refractivity contribution in [2.45, 2.75) is 41.5 Å². The second-order valence-corrected chi connectivity index (χ2v) is 2.04. The third-order valence-electron chi connectivity index (χ3n) is 1.27. The van der Waals surface area contributed by atoms with Gasteiger partial charge in [0.25, 0.3) is 0 Å². The van der Waals surface area contributed by atoms with E-state index in [1.807, 2.05) is 6.08 Å². The molecule has 0 rings (SSSR count). The van der Waals surface area contributed by atoms with Crippen molar-refractivity contribution < 1.29 is 0 Å². The quantitative estimate of drug-likeness (QED) is 0.508. The molecule has 9 heavy (non-hydrogen) atoms. The number of hydrogen-bond donors (Lipinski definition) is 0. The fourth-order valence-electron chi connectivity index (χ4n) is 0.451. The Morgan fingerprint density at radius 3 is 2.00 bits per heavy atom. The Morgan fingerprint density at radius 2 is 1.89 bits per heavy atom. The van der Waals surface area contributed by atoms with Gasteiger partial charge in [-0.15, -0.1) is 6.58 Å². The zero-order chi connectivity index (χ0) is 5.70. The summed E-state index contributed by atoms with van der Waals surface area (Å²) in [6.45, 7) is 8.09. The van der Waals surface area contributed by atoms with Gasteiger partial charge in [-0.25, -0.2) is 0 Å². The first-order chi connectivity index (χ1) is 3.31. The highest BCUT2D eigenvalue weighted by atomic mass is 14.0. The minimum Gasteiger partial charge on any atom is -0.103 e. The molecule has 1 unspecified atom stereocenters. The predicted molar refractivity (Wildman–Crippen MR) is 47.7 cm³/mol. The molecule has 0 N–H and O–H groups in total. The Kier molecular flexibility index (Phi) is 18.8. The Hall–Kier alpha value is -0.260. The van der Waals surface area contributed by atoms with Crippen LogP contribution in [0.25, 0.3) is 0 Å². The van der Waals surface area contributed by atoms with E-state index in [0.29, 0.717) is 0 Å². The van der Waals surface area contributed by atoms with Crippen LogP contribution in [0.4, 0.5) is 0 Å². The van der Waals surface area contributed by atoms with Crippen molar-refractivity contribution in [3.05, 3.63) is 12.7 Å². The van der Waals surface area contributed by atoms with E-state index in [1.54, 1.807) is 0 Å². The second-order valence-electron chi connectivity index (χ2n) is 2.04. The normalized spacial score (nSPS) is 10.4. The van der Waals surface area contributed by atoms with Crippen molar-refractivity contribution in [1.29, 1.82) is 0 Å². The van der Waals surface area contributed by atoms with Crippen LogP contribution in [0.2, 0.25) is 0 Å². The molecule has 0 aromatic heterocycles. The van der Waals surface area contributed by atoms with E-state index in [9.17, 15) is 0 Å². The third-order valence-corrected chi connectivity index (χ3v) is 1.27. The highest BCUT2D eigenvalue weighted by molar-refractivity contribution is 4.68. The molecule has 0 aromatic carbocycles. The molecule has 0 amide bonds. The van der Waals surface area contributed by atoms with E-state index < -0.39 is 0 Å². The minimum absolute atomic E-state index is 0. The lowest BCUT2D eigenvalue weighted by Gasteiger charge is -2.00. The Balaban J connectivity index is -0.000000180. The summed E-state index contributed by atoms with van der Waals surface area (Å²) in [6.07, 6.45) is 4.41. The monoisotopic (exact) mass is 130 g/mol. The first-order valence-electron chi connectivity index (χ1n) is 2.92. The fourth-order valence-corrected chi connectivity index (χ4v) is 0.451. The molecule has 0 saturated carbocycles. The summed E-state index contributed by atoms with van der Waals surface area (Å²) in [6, 6.07) is 0. The van der Waals surface area contributed by atoms with Gasteiger partial charge in [0.2, 0.25) is 0 Å². The van der Waals surface area contributed by atoms with Crippen molar-refractivity contribution in [1.82, 2.24) is 0 Å². The zero-order valence-corrected chi connectivity index (χ0v) is 5.28. The van der Waals surface area contributed by atoms with Gasteiger partial charge >= 0.3 is 0 Å². The maximum atomic E-state index is 3.65. The maximum absolute atomic E-state index is 3.65. The van der Waals surface area contributed by atoms with Gasteiger partial charge < -0.3 is 0 Å². The van der Waals surface area contributed by atoms with Gasteiger partial charge in [0, 0.05) is 0 Å².